The van der Waals surface area contributed by atoms with Gasteiger partial charge in [0.05, 0.1) is 0 Å². The van der Waals surface area contributed by atoms with Crippen molar-refractivity contribution in [3.8, 4) is 0 Å². The number of pyridine rings is 1. The van der Waals surface area contributed by atoms with E-state index in [1.165, 1.54) is 12.5 Å². The van der Waals surface area contributed by atoms with Crippen LogP contribution < -0.4 is 5.32 Å². The lowest BCUT2D eigenvalue weighted by Gasteiger charge is -2.34. The summed E-state index contributed by atoms with van der Waals surface area (Å²) in [6.07, 6.45) is 1.55. The van der Waals surface area contributed by atoms with Crippen molar-refractivity contribution in [1.82, 2.24) is 14.8 Å². The third-order valence-corrected chi connectivity index (χ3v) is 4.22. The van der Waals surface area contributed by atoms with Gasteiger partial charge in [0.15, 0.2) is 0 Å². The van der Waals surface area contributed by atoms with E-state index in [1.54, 1.807) is 18.3 Å². The van der Waals surface area contributed by atoms with Gasteiger partial charge in [0.1, 0.15) is 5.82 Å². The quantitative estimate of drug-likeness (QED) is 0.926. The second kappa shape index (κ2) is 7.90. The lowest BCUT2D eigenvalue weighted by Crippen LogP contribution is -2.48. The molecule has 2 heterocycles. The summed E-state index contributed by atoms with van der Waals surface area (Å²) in [6, 6.07) is 13.7. The number of carbonyl (C=O) groups excluding carboxylic acids is 2. The number of nitrogens with zero attached hydrogens (tertiary/aromatic N) is 3. The van der Waals surface area contributed by atoms with Crippen molar-refractivity contribution in [2.45, 2.75) is 13.5 Å². The molecular formula is C19H22N4O2. The molecule has 6 heteroatoms. The summed E-state index contributed by atoms with van der Waals surface area (Å²) in [5.41, 5.74) is 1.84. The zero-order valence-electron chi connectivity index (χ0n) is 14.3. The predicted octanol–water partition coefficient (Wildman–Crippen LogP) is 2.00. The van der Waals surface area contributed by atoms with Crippen LogP contribution in [0.3, 0.4) is 0 Å². The third kappa shape index (κ3) is 4.64. The van der Waals surface area contributed by atoms with E-state index in [1.807, 2.05) is 23.1 Å². The first kappa shape index (κ1) is 17.1. The minimum absolute atomic E-state index is 0.0200. The summed E-state index contributed by atoms with van der Waals surface area (Å²) < 4.78 is 0. The molecule has 1 fully saturated rings. The van der Waals surface area contributed by atoms with E-state index in [9.17, 15) is 9.59 Å². The fourth-order valence-electron chi connectivity index (χ4n) is 2.95. The maximum atomic E-state index is 12.7. The molecule has 130 valence electrons. The molecule has 1 aromatic carbocycles. The van der Waals surface area contributed by atoms with E-state index in [-0.39, 0.29) is 11.8 Å². The predicted molar refractivity (Wildman–Crippen MR) is 96.2 cm³/mol. The van der Waals surface area contributed by atoms with Crippen LogP contribution in [0.5, 0.6) is 0 Å². The van der Waals surface area contributed by atoms with E-state index in [0.717, 1.165) is 19.6 Å². The van der Waals surface area contributed by atoms with Gasteiger partial charge in [-0.1, -0.05) is 30.3 Å². The van der Waals surface area contributed by atoms with E-state index >= 15 is 0 Å². The van der Waals surface area contributed by atoms with Crippen molar-refractivity contribution < 1.29 is 9.59 Å². The number of rotatable bonds is 4. The molecular weight excluding hydrogens is 316 g/mol. The standard InChI is InChI=1S/C19H22N4O2/c1-15(24)21-18-13-17(7-8-20-18)19(25)23-11-9-22(10-12-23)14-16-5-3-2-4-6-16/h2-8,13H,9-12,14H2,1H3,(H,20,21,24). The first-order chi connectivity index (χ1) is 12.1. The van der Waals surface area contributed by atoms with Crippen molar-refractivity contribution in [3.63, 3.8) is 0 Å². The smallest absolute Gasteiger partial charge is 0.254 e. The van der Waals surface area contributed by atoms with Crippen LogP contribution in [0.4, 0.5) is 5.82 Å². The molecule has 0 bridgehead atoms. The van der Waals surface area contributed by atoms with E-state index in [4.69, 9.17) is 0 Å². The average Bonchev–Trinajstić information content (AvgIpc) is 2.62. The first-order valence-electron chi connectivity index (χ1n) is 8.41. The summed E-state index contributed by atoms with van der Waals surface area (Å²) in [4.78, 5) is 32.1. The molecule has 0 spiro atoms. The molecule has 0 aliphatic carbocycles. The number of benzene rings is 1. The van der Waals surface area contributed by atoms with Gasteiger partial charge in [0.25, 0.3) is 5.91 Å². The van der Waals surface area contributed by atoms with Crippen LogP contribution in [0.2, 0.25) is 0 Å². The molecule has 2 amide bonds. The highest BCUT2D eigenvalue weighted by atomic mass is 16.2. The molecule has 0 saturated carbocycles. The van der Waals surface area contributed by atoms with Gasteiger partial charge in [-0.15, -0.1) is 0 Å². The van der Waals surface area contributed by atoms with Gasteiger partial charge in [-0.3, -0.25) is 14.5 Å². The van der Waals surface area contributed by atoms with Gasteiger partial charge >= 0.3 is 0 Å². The fourth-order valence-corrected chi connectivity index (χ4v) is 2.95. The summed E-state index contributed by atoms with van der Waals surface area (Å²) in [5.74, 6) is 0.182. The first-order valence-corrected chi connectivity index (χ1v) is 8.41. The Balaban J connectivity index is 1.57. The van der Waals surface area contributed by atoms with Crippen molar-refractivity contribution >= 4 is 17.6 Å². The Labute approximate surface area is 147 Å². The zero-order valence-corrected chi connectivity index (χ0v) is 14.3. The SMILES string of the molecule is CC(=O)Nc1cc(C(=O)N2CCN(Cc3ccccc3)CC2)ccn1. The monoisotopic (exact) mass is 338 g/mol. The number of anilines is 1. The van der Waals surface area contributed by atoms with Crippen molar-refractivity contribution in [1.29, 1.82) is 0 Å². The Morgan fingerprint density at radius 2 is 1.80 bits per heavy atom. The molecule has 1 aliphatic heterocycles. The van der Waals surface area contributed by atoms with Crippen LogP contribution in [-0.2, 0) is 11.3 Å². The van der Waals surface area contributed by atoms with Gasteiger partial charge < -0.3 is 10.2 Å². The molecule has 0 radical (unpaired) electrons. The van der Waals surface area contributed by atoms with Gasteiger partial charge in [-0.2, -0.15) is 0 Å². The molecule has 1 N–H and O–H groups in total. The van der Waals surface area contributed by atoms with Crippen molar-refractivity contribution in [2.24, 2.45) is 0 Å². The topological polar surface area (TPSA) is 65.5 Å². The number of carbonyl (C=O) groups is 2. The molecule has 0 atom stereocenters. The fraction of sp³-hybridized carbons (Fsp3) is 0.316. The highest BCUT2D eigenvalue weighted by Gasteiger charge is 2.22. The van der Waals surface area contributed by atoms with E-state index < -0.39 is 0 Å². The molecule has 2 aromatic rings. The Bertz CT molecular complexity index is 740. The summed E-state index contributed by atoms with van der Waals surface area (Å²) in [7, 11) is 0. The maximum Gasteiger partial charge on any atom is 0.254 e. The lowest BCUT2D eigenvalue weighted by atomic mass is 10.1. The van der Waals surface area contributed by atoms with Crippen LogP contribution in [0, 0.1) is 0 Å². The second-order valence-electron chi connectivity index (χ2n) is 6.16. The number of piperazine rings is 1. The molecule has 1 aromatic heterocycles. The van der Waals surface area contributed by atoms with E-state index in [0.29, 0.717) is 24.5 Å². The number of hydrogen-bond acceptors (Lipinski definition) is 4. The van der Waals surface area contributed by atoms with Crippen LogP contribution in [0.1, 0.15) is 22.8 Å². The highest BCUT2D eigenvalue weighted by Crippen LogP contribution is 2.13. The van der Waals surface area contributed by atoms with Gasteiger partial charge in [-0.05, 0) is 17.7 Å². The maximum absolute atomic E-state index is 12.7. The molecule has 3 rings (SSSR count). The van der Waals surface area contributed by atoms with Crippen LogP contribution in [0.25, 0.3) is 0 Å². The summed E-state index contributed by atoms with van der Waals surface area (Å²) >= 11 is 0. The van der Waals surface area contributed by atoms with Crippen LogP contribution >= 0.6 is 0 Å². The molecule has 0 unspecified atom stereocenters. The number of hydrogen-bond donors (Lipinski definition) is 1. The lowest BCUT2D eigenvalue weighted by molar-refractivity contribution is -0.114. The molecule has 25 heavy (non-hydrogen) atoms. The normalized spacial score (nSPS) is 15.0. The summed E-state index contributed by atoms with van der Waals surface area (Å²) in [6.45, 7) is 5.43. The van der Waals surface area contributed by atoms with Crippen molar-refractivity contribution in [3.05, 3.63) is 59.8 Å². The number of aromatic nitrogens is 1. The Hall–Kier alpha value is -2.73. The van der Waals surface area contributed by atoms with Gasteiger partial charge in [0.2, 0.25) is 5.91 Å². The van der Waals surface area contributed by atoms with E-state index in [2.05, 4.69) is 27.3 Å². The second-order valence-corrected chi connectivity index (χ2v) is 6.16. The van der Waals surface area contributed by atoms with Crippen molar-refractivity contribution in [2.75, 3.05) is 31.5 Å². The number of amides is 2. The highest BCUT2D eigenvalue weighted by molar-refractivity contribution is 5.96. The minimum Gasteiger partial charge on any atom is -0.336 e. The molecule has 6 nitrogen and oxygen atoms in total. The Morgan fingerprint density at radius 3 is 2.48 bits per heavy atom. The van der Waals surface area contributed by atoms with Crippen LogP contribution in [0.15, 0.2) is 48.7 Å². The molecule has 1 aliphatic rings. The Morgan fingerprint density at radius 1 is 1.08 bits per heavy atom. The minimum atomic E-state index is -0.202. The largest absolute Gasteiger partial charge is 0.336 e. The summed E-state index contributed by atoms with van der Waals surface area (Å²) in [5, 5.41) is 2.61. The third-order valence-electron chi connectivity index (χ3n) is 4.22. The van der Waals surface area contributed by atoms with Gasteiger partial charge in [-0.25, -0.2) is 4.98 Å². The molecule has 1 saturated heterocycles. The van der Waals surface area contributed by atoms with Crippen LogP contribution in [-0.4, -0.2) is 52.8 Å². The van der Waals surface area contributed by atoms with Gasteiger partial charge in [0, 0.05) is 51.4 Å². The Kier molecular flexibility index (Phi) is 5.40. The average molecular weight is 338 g/mol. The number of nitrogens with one attached hydrogen (secondary N) is 1. The zero-order chi connectivity index (χ0) is 17.6.